The van der Waals surface area contributed by atoms with E-state index in [1.165, 1.54) is 11.1 Å². The van der Waals surface area contributed by atoms with Gasteiger partial charge in [-0.15, -0.1) is 0 Å². The number of rotatable bonds is 7. The van der Waals surface area contributed by atoms with Gasteiger partial charge in [-0.05, 0) is 76.8 Å². The number of amides is 1. The van der Waals surface area contributed by atoms with Gasteiger partial charge in [0.15, 0.2) is 0 Å². The zero-order chi connectivity index (χ0) is 22.9. The first-order valence-electron chi connectivity index (χ1n) is 11.7. The van der Waals surface area contributed by atoms with Crippen LogP contribution in [0.1, 0.15) is 62.9 Å². The summed E-state index contributed by atoms with van der Waals surface area (Å²) in [6, 6.07) is 14.5. The standard InChI is InChI=1S/C27H35N3O2/c1-19-11-10-14-24(20(19)2)32-16-9-8-15-29-23-13-7-6-12-22(23)28-26(29)21-17-25(31)30(18-21)27(3,4)5/h6-7,10-14,21H,8-9,15-18H2,1-5H3. The van der Waals surface area contributed by atoms with Crippen LogP contribution in [0.25, 0.3) is 11.0 Å². The van der Waals surface area contributed by atoms with Crippen molar-refractivity contribution in [3.63, 3.8) is 0 Å². The molecule has 1 fully saturated rings. The van der Waals surface area contributed by atoms with Crippen molar-refractivity contribution in [1.29, 1.82) is 0 Å². The number of hydrogen-bond donors (Lipinski definition) is 0. The van der Waals surface area contributed by atoms with Crippen LogP contribution in [-0.2, 0) is 11.3 Å². The first-order chi connectivity index (χ1) is 15.3. The average molecular weight is 434 g/mol. The lowest BCUT2D eigenvalue weighted by atomic mass is 10.1. The van der Waals surface area contributed by atoms with E-state index in [1.54, 1.807) is 0 Å². The lowest BCUT2D eigenvalue weighted by Gasteiger charge is -2.32. The number of aryl methyl sites for hydroxylation is 2. The number of benzene rings is 2. The molecule has 5 heteroatoms. The zero-order valence-corrected chi connectivity index (χ0v) is 20.0. The van der Waals surface area contributed by atoms with Crippen LogP contribution in [0, 0.1) is 13.8 Å². The number of para-hydroxylation sites is 2. The molecule has 1 atom stereocenters. The van der Waals surface area contributed by atoms with E-state index in [0.29, 0.717) is 13.0 Å². The Hall–Kier alpha value is -2.82. The topological polar surface area (TPSA) is 47.4 Å². The Morgan fingerprint density at radius 1 is 1.06 bits per heavy atom. The summed E-state index contributed by atoms with van der Waals surface area (Å²) in [6.45, 7) is 12.9. The Kier molecular flexibility index (Phi) is 6.27. The van der Waals surface area contributed by atoms with E-state index in [-0.39, 0.29) is 17.4 Å². The number of carbonyl (C=O) groups excluding carboxylic acids is 1. The number of imidazole rings is 1. The van der Waals surface area contributed by atoms with Gasteiger partial charge in [-0.1, -0.05) is 24.3 Å². The highest BCUT2D eigenvalue weighted by Crippen LogP contribution is 2.34. The maximum atomic E-state index is 12.7. The summed E-state index contributed by atoms with van der Waals surface area (Å²) in [5.74, 6) is 2.38. The Balaban J connectivity index is 1.45. The highest BCUT2D eigenvalue weighted by atomic mass is 16.5. The molecule has 0 aliphatic carbocycles. The van der Waals surface area contributed by atoms with Crippen LogP contribution in [-0.4, -0.2) is 39.0 Å². The van der Waals surface area contributed by atoms with Gasteiger partial charge >= 0.3 is 0 Å². The maximum Gasteiger partial charge on any atom is 0.223 e. The summed E-state index contributed by atoms with van der Waals surface area (Å²) in [5, 5.41) is 0. The molecule has 2 heterocycles. The monoisotopic (exact) mass is 433 g/mol. The Bertz CT molecular complexity index is 1110. The van der Waals surface area contributed by atoms with Crippen LogP contribution >= 0.6 is 0 Å². The number of unbranched alkanes of at least 4 members (excludes halogenated alkanes) is 1. The molecule has 3 aromatic rings. The third-order valence-electron chi connectivity index (χ3n) is 6.57. The fourth-order valence-corrected chi connectivity index (χ4v) is 4.60. The van der Waals surface area contributed by atoms with E-state index in [1.807, 2.05) is 23.1 Å². The maximum absolute atomic E-state index is 12.7. The van der Waals surface area contributed by atoms with Crippen molar-refractivity contribution in [3.05, 3.63) is 59.4 Å². The number of ether oxygens (including phenoxy) is 1. The van der Waals surface area contributed by atoms with Crippen molar-refractivity contribution in [3.8, 4) is 5.75 Å². The van der Waals surface area contributed by atoms with Crippen LogP contribution < -0.4 is 4.74 Å². The second kappa shape index (κ2) is 8.97. The summed E-state index contributed by atoms with van der Waals surface area (Å²) < 4.78 is 8.37. The van der Waals surface area contributed by atoms with Gasteiger partial charge < -0.3 is 14.2 Å². The fraction of sp³-hybridized carbons (Fsp3) is 0.481. The second-order valence-electron chi connectivity index (χ2n) is 9.94. The second-order valence-corrected chi connectivity index (χ2v) is 9.94. The van der Waals surface area contributed by atoms with E-state index in [0.717, 1.165) is 48.5 Å². The van der Waals surface area contributed by atoms with E-state index in [4.69, 9.17) is 9.72 Å². The number of nitrogens with zero attached hydrogens (tertiary/aromatic N) is 3. The number of carbonyl (C=O) groups is 1. The zero-order valence-electron chi connectivity index (χ0n) is 20.0. The minimum atomic E-state index is -0.159. The molecule has 1 amide bonds. The van der Waals surface area contributed by atoms with Gasteiger partial charge in [-0.3, -0.25) is 4.79 Å². The molecular formula is C27H35N3O2. The molecule has 1 aliphatic heterocycles. The molecule has 1 aromatic heterocycles. The first kappa shape index (κ1) is 22.4. The average Bonchev–Trinajstić information content (AvgIpc) is 3.31. The predicted octanol–water partition coefficient (Wildman–Crippen LogP) is 5.63. The number of fused-ring (bicyclic) bond motifs is 1. The molecule has 2 aromatic carbocycles. The molecular weight excluding hydrogens is 398 g/mol. The van der Waals surface area contributed by atoms with Crippen molar-refractivity contribution in [2.45, 2.75) is 71.9 Å². The summed E-state index contributed by atoms with van der Waals surface area (Å²) in [6.07, 6.45) is 2.51. The molecule has 32 heavy (non-hydrogen) atoms. The molecule has 4 rings (SSSR count). The lowest BCUT2D eigenvalue weighted by Crippen LogP contribution is -2.42. The predicted molar refractivity (Wildman–Crippen MR) is 129 cm³/mol. The molecule has 5 nitrogen and oxygen atoms in total. The van der Waals surface area contributed by atoms with Gasteiger partial charge in [0, 0.05) is 31.0 Å². The van der Waals surface area contributed by atoms with Crippen LogP contribution in [0.4, 0.5) is 0 Å². The Morgan fingerprint density at radius 2 is 1.84 bits per heavy atom. The van der Waals surface area contributed by atoms with Crippen LogP contribution in [0.3, 0.4) is 0 Å². The molecule has 170 valence electrons. The summed E-state index contributed by atoms with van der Waals surface area (Å²) in [7, 11) is 0. The van der Waals surface area contributed by atoms with Gasteiger partial charge in [0.1, 0.15) is 11.6 Å². The minimum absolute atomic E-state index is 0.139. The molecule has 0 radical (unpaired) electrons. The van der Waals surface area contributed by atoms with Gasteiger partial charge in [-0.25, -0.2) is 4.98 Å². The lowest BCUT2D eigenvalue weighted by molar-refractivity contribution is -0.131. The quantitative estimate of drug-likeness (QED) is 0.454. The normalized spacial score (nSPS) is 16.8. The number of hydrogen-bond acceptors (Lipinski definition) is 3. The highest BCUT2D eigenvalue weighted by Gasteiger charge is 2.38. The number of aromatic nitrogens is 2. The molecule has 1 saturated heterocycles. The summed E-state index contributed by atoms with van der Waals surface area (Å²) in [4.78, 5) is 19.7. The molecule has 0 bridgehead atoms. The molecule has 0 spiro atoms. The largest absolute Gasteiger partial charge is 0.493 e. The molecule has 0 saturated carbocycles. The third kappa shape index (κ3) is 4.52. The van der Waals surface area contributed by atoms with Crippen LogP contribution in [0.5, 0.6) is 5.75 Å². The van der Waals surface area contributed by atoms with E-state index in [9.17, 15) is 4.79 Å². The minimum Gasteiger partial charge on any atom is -0.493 e. The molecule has 1 unspecified atom stereocenters. The molecule has 0 N–H and O–H groups in total. The van der Waals surface area contributed by atoms with Crippen LogP contribution in [0.15, 0.2) is 42.5 Å². The van der Waals surface area contributed by atoms with E-state index < -0.39 is 0 Å². The fourth-order valence-electron chi connectivity index (χ4n) is 4.60. The van der Waals surface area contributed by atoms with Crippen molar-refractivity contribution in [2.75, 3.05) is 13.2 Å². The Morgan fingerprint density at radius 3 is 2.59 bits per heavy atom. The van der Waals surface area contributed by atoms with Crippen molar-refractivity contribution in [2.24, 2.45) is 0 Å². The van der Waals surface area contributed by atoms with Gasteiger partial charge in [0.2, 0.25) is 5.91 Å². The van der Waals surface area contributed by atoms with Gasteiger partial charge in [0.05, 0.1) is 17.6 Å². The summed E-state index contributed by atoms with van der Waals surface area (Å²) >= 11 is 0. The van der Waals surface area contributed by atoms with Gasteiger partial charge in [0.25, 0.3) is 0 Å². The molecule has 1 aliphatic rings. The van der Waals surface area contributed by atoms with E-state index in [2.05, 4.69) is 63.5 Å². The third-order valence-corrected chi connectivity index (χ3v) is 6.57. The van der Waals surface area contributed by atoms with Gasteiger partial charge in [-0.2, -0.15) is 0 Å². The van der Waals surface area contributed by atoms with Crippen LogP contribution in [0.2, 0.25) is 0 Å². The summed E-state index contributed by atoms with van der Waals surface area (Å²) in [5.41, 5.74) is 4.47. The number of likely N-dealkylation sites (tertiary alicyclic amines) is 1. The SMILES string of the molecule is Cc1cccc(OCCCCn2c(C3CC(=O)N(C(C)(C)C)C3)nc3ccccc32)c1C. The van der Waals surface area contributed by atoms with Crippen molar-refractivity contribution >= 4 is 16.9 Å². The highest BCUT2D eigenvalue weighted by molar-refractivity contribution is 5.81. The van der Waals surface area contributed by atoms with E-state index >= 15 is 0 Å². The Labute approximate surface area is 191 Å². The smallest absolute Gasteiger partial charge is 0.223 e. The van der Waals surface area contributed by atoms with Crippen molar-refractivity contribution < 1.29 is 9.53 Å². The van der Waals surface area contributed by atoms with Crippen molar-refractivity contribution in [1.82, 2.24) is 14.5 Å². The first-order valence-corrected chi connectivity index (χ1v) is 11.7.